The fourth-order valence-electron chi connectivity index (χ4n) is 3.95. The highest BCUT2D eigenvalue weighted by molar-refractivity contribution is 9.10. The summed E-state index contributed by atoms with van der Waals surface area (Å²) in [5.41, 5.74) is 6.31. The Labute approximate surface area is 172 Å². The molecule has 1 aromatic heterocycles. The zero-order valence-corrected chi connectivity index (χ0v) is 17.1. The Balaban J connectivity index is 1.37. The zero-order valence-electron chi connectivity index (χ0n) is 15.5. The van der Waals surface area contributed by atoms with Crippen LogP contribution in [0, 0.1) is 0 Å². The lowest BCUT2D eigenvalue weighted by Crippen LogP contribution is -2.24. The molecule has 5 nitrogen and oxygen atoms in total. The molecule has 0 aliphatic heterocycles. The molecular formula is C22H21BrN4O. The van der Waals surface area contributed by atoms with Crippen molar-refractivity contribution in [3.8, 4) is 5.69 Å². The van der Waals surface area contributed by atoms with Crippen molar-refractivity contribution in [3.05, 3.63) is 75.0 Å². The number of carbonyl (C=O) groups excluding carboxylic acids is 1. The lowest BCUT2D eigenvalue weighted by molar-refractivity contribution is 0.0944. The Morgan fingerprint density at radius 2 is 1.89 bits per heavy atom. The van der Waals surface area contributed by atoms with Gasteiger partial charge in [-0.1, -0.05) is 39.3 Å². The lowest BCUT2D eigenvalue weighted by atomic mass is 10.1. The number of amides is 1. The van der Waals surface area contributed by atoms with Gasteiger partial charge >= 0.3 is 0 Å². The molecule has 3 aromatic rings. The first-order valence-corrected chi connectivity index (χ1v) is 10.6. The number of aryl methyl sites for hydroxylation is 2. The standard InChI is InChI=1S/C22H21BrN4O/c23-18-8-10-19(11-9-18)27-21(16-6-7-16)20(25-26-27)22(28)24-13-14-4-5-15-2-1-3-17(15)12-14/h4-5,8-12,16H,1-3,6-7,13H2,(H,24,28). The van der Waals surface area contributed by atoms with E-state index in [0.29, 0.717) is 18.2 Å². The maximum absolute atomic E-state index is 12.9. The minimum atomic E-state index is -0.147. The van der Waals surface area contributed by atoms with E-state index in [0.717, 1.165) is 40.7 Å². The minimum Gasteiger partial charge on any atom is -0.347 e. The molecule has 1 N–H and O–H groups in total. The van der Waals surface area contributed by atoms with Crippen molar-refractivity contribution in [3.63, 3.8) is 0 Å². The van der Waals surface area contributed by atoms with Gasteiger partial charge in [-0.05, 0) is 73.1 Å². The van der Waals surface area contributed by atoms with E-state index in [9.17, 15) is 4.79 Å². The molecule has 2 aromatic carbocycles. The molecule has 1 fully saturated rings. The number of hydrogen-bond donors (Lipinski definition) is 1. The summed E-state index contributed by atoms with van der Waals surface area (Å²) in [6.07, 6.45) is 5.70. The molecule has 0 spiro atoms. The summed E-state index contributed by atoms with van der Waals surface area (Å²) in [6, 6.07) is 14.5. The number of nitrogens with zero attached hydrogens (tertiary/aromatic N) is 3. The van der Waals surface area contributed by atoms with Crippen LogP contribution in [0.2, 0.25) is 0 Å². The number of aromatic nitrogens is 3. The van der Waals surface area contributed by atoms with Crippen LogP contribution in [0.1, 0.15) is 58.1 Å². The van der Waals surface area contributed by atoms with Gasteiger partial charge in [0.1, 0.15) is 0 Å². The number of rotatable bonds is 5. The largest absolute Gasteiger partial charge is 0.347 e. The van der Waals surface area contributed by atoms with Crippen molar-refractivity contribution in [2.24, 2.45) is 0 Å². The van der Waals surface area contributed by atoms with Gasteiger partial charge in [0.05, 0.1) is 11.4 Å². The van der Waals surface area contributed by atoms with E-state index in [2.05, 4.69) is 49.8 Å². The Hall–Kier alpha value is -2.47. The number of fused-ring (bicyclic) bond motifs is 1. The molecular weight excluding hydrogens is 416 g/mol. The van der Waals surface area contributed by atoms with Crippen LogP contribution in [0.4, 0.5) is 0 Å². The van der Waals surface area contributed by atoms with Crippen LogP contribution in [0.3, 0.4) is 0 Å². The average Bonchev–Trinajstić information content (AvgIpc) is 3.27. The second-order valence-corrected chi connectivity index (χ2v) is 8.54. The lowest BCUT2D eigenvalue weighted by Gasteiger charge is -2.09. The van der Waals surface area contributed by atoms with Gasteiger partial charge in [-0.25, -0.2) is 4.68 Å². The molecule has 6 heteroatoms. The third-order valence-electron chi connectivity index (χ3n) is 5.57. The Morgan fingerprint density at radius 3 is 2.68 bits per heavy atom. The van der Waals surface area contributed by atoms with Crippen molar-refractivity contribution in [2.45, 2.75) is 44.6 Å². The van der Waals surface area contributed by atoms with Crippen LogP contribution in [0.5, 0.6) is 0 Å². The molecule has 1 heterocycles. The SMILES string of the molecule is O=C(NCc1ccc2c(c1)CCC2)c1nnn(-c2ccc(Br)cc2)c1C1CC1. The number of halogens is 1. The maximum Gasteiger partial charge on any atom is 0.274 e. The highest BCUT2D eigenvalue weighted by atomic mass is 79.9. The molecule has 0 unspecified atom stereocenters. The summed E-state index contributed by atoms with van der Waals surface area (Å²) in [5.74, 6) is 0.213. The van der Waals surface area contributed by atoms with E-state index < -0.39 is 0 Å². The molecule has 0 bridgehead atoms. The van der Waals surface area contributed by atoms with Crippen molar-refractivity contribution in [1.82, 2.24) is 20.3 Å². The van der Waals surface area contributed by atoms with Crippen molar-refractivity contribution in [1.29, 1.82) is 0 Å². The van der Waals surface area contributed by atoms with E-state index in [1.807, 2.05) is 28.9 Å². The topological polar surface area (TPSA) is 59.8 Å². The third-order valence-corrected chi connectivity index (χ3v) is 6.10. The van der Waals surface area contributed by atoms with Gasteiger partial charge in [-0.2, -0.15) is 0 Å². The van der Waals surface area contributed by atoms with Gasteiger partial charge in [0.15, 0.2) is 5.69 Å². The van der Waals surface area contributed by atoms with Gasteiger partial charge in [0, 0.05) is 16.9 Å². The fraction of sp³-hybridized carbons (Fsp3) is 0.318. The van der Waals surface area contributed by atoms with E-state index >= 15 is 0 Å². The first-order chi connectivity index (χ1) is 13.7. The number of carbonyl (C=O) groups is 1. The predicted octanol–water partition coefficient (Wildman–Crippen LogP) is 4.33. The monoisotopic (exact) mass is 436 g/mol. The summed E-state index contributed by atoms with van der Waals surface area (Å²) in [5, 5.41) is 11.6. The summed E-state index contributed by atoms with van der Waals surface area (Å²) in [6.45, 7) is 0.515. The fourth-order valence-corrected chi connectivity index (χ4v) is 4.21. The minimum absolute atomic E-state index is 0.147. The molecule has 5 rings (SSSR count). The van der Waals surface area contributed by atoms with Crippen LogP contribution >= 0.6 is 15.9 Å². The van der Waals surface area contributed by atoms with Gasteiger partial charge in [0.25, 0.3) is 5.91 Å². The molecule has 2 aliphatic carbocycles. The van der Waals surface area contributed by atoms with E-state index in [-0.39, 0.29) is 5.91 Å². The number of benzene rings is 2. The zero-order chi connectivity index (χ0) is 19.1. The van der Waals surface area contributed by atoms with Crippen LogP contribution in [-0.4, -0.2) is 20.9 Å². The van der Waals surface area contributed by atoms with Crippen LogP contribution in [0.15, 0.2) is 46.9 Å². The quantitative estimate of drug-likeness (QED) is 0.647. The molecule has 0 atom stereocenters. The molecule has 2 aliphatic rings. The smallest absolute Gasteiger partial charge is 0.274 e. The first kappa shape index (κ1) is 17.6. The van der Waals surface area contributed by atoms with Crippen LogP contribution in [0.25, 0.3) is 5.69 Å². The van der Waals surface area contributed by atoms with Crippen molar-refractivity contribution < 1.29 is 4.79 Å². The maximum atomic E-state index is 12.9. The van der Waals surface area contributed by atoms with E-state index in [1.54, 1.807) is 0 Å². The summed E-state index contributed by atoms with van der Waals surface area (Å²) < 4.78 is 2.82. The predicted molar refractivity (Wildman–Crippen MR) is 111 cm³/mol. The average molecular weight is 437 g/mol. The molecule has 1 saturated carbocycles. The summed E-state index contributed by atoms with van der Waals surface area (Å²) in [7, 11) is 0. The molecule has 0 saturated heterocycles. The summed E-state index contributed by atoms with van der Waals surface area (Å²) >= 11 is 3.46. The van der Waals surface area contributed by atoms with Gasteiger partial charge in [-0.3, -0.25) is 4.79 Å². The number of hydrogen-bond acceptors (Lipinski definition) is 3. The second kappa shape index (κ2) is 7.17. The highest BCUT2D eigenvalue weighted by Crippen LogP contribution is 2.42. The second-order valence-electron chi connectivity index (χ2n) is 7.63. The Bertz CT molecular complexity index is 1040. The molecule has 1 amide bonds. The van der Waals surface area contributed by atoms with Gasteiger partial charge < -0.3 is 5.32 Å². The highest BCUT2D eigenvalue weighted by Gasteiger charge is 2.34. The normalized spacial score (nSPS) is 15.5. The van der Waals surface area contributed by atoms with Crippen LogP contribution in [-0.2, 0) is 19.4 Å². The molecule has 142 valence electrons. The third kappa shape index (κ3) is 3.37. The first-order valence-electron chi connectivity index (χ1n) is 9.79. The molecule has 0 radical (unpaired) electrons. The Kier molecular flexibility index (Phi) is 4.51. The van der Waals surface area contributed by atoms with E-state index in [4.69, 9.17) is 0 Å². The van der Waals surface area contributed by atoms with Crippen molar-refractivity contribution in [2.75, 3.05) is 0 Å². The van der Waals surface area contributed by atoms with E-state index in [1.165, 1.54) is 24.0 Å². The number of nitrogens with one attached hydrogen (secondary N) is 1. The van der Waals surface area contributed by atoms with Crippen molar-refractivity contribution >= 4 is 21.8 Å². The van der Waals surface area contributed by atoms with Crippen LogP contribution < -0.4 is 5.32 Å². The summed E-state index contributed by atoms with van der Waals surface area (Å²) in [4.78, 5) is 12.9. The van der Waals surface area contributed by atoms with Gasteiger partial charge in [-0.15, -0.1) is 5.10 Å². The Morgan fingerprint density at radius 1 is 1.11 bits per heavy atom. The molecule has 28 heavy (non-hydrogen) atoms. The van der Waals surface area contributed by atoms with Gasteiger partial charge in [0.2, 0.25) is 0 Å².